The molecule has 1 heterocycles. The van der Waals surface area contributed by atoms with Gasteiger partial charge in [-0.2, -0.15) is 0 Å². The molecule has 1 aromatic heterocycles. The van der Waals surface area contributed by atoms with Crippen LogP contribution in [-0.2, 0) is 6.54 Å². The molecule has 4 nitrogen and oxygen atoms in total. The summed E-state index contributed by atoms with van der Waals surface area (Å²) in [5, 5.41) is 3.45. The largest absolute Gasteiger partial charge is 0.347 e. The molecule has 1 N–H and O–H groups in total. The fourth-order valence-corrected chi connectivity index (χ4v) is 3.43. The lowest BCUT2D eigenvalue weighted by molar-refractivity contribution is 0.102. The van der Waals surface area contributed by atoms with Crippen molar-refractivity contribution in [1.29, 1.82) is 0 Å². The Kier molecular flexibility index (Phi) is 4.95. The zero-order valence-corrected chi connectivity index (χ0v) is 15.3. The summed E-state index contributed by atoms with van der Waals surface area (Å²) >= 11 is 1.55. The number of rotatable bonds is 4. The van der Waals surface area contributed by atoms with Crippen LogP contribution in [0.5, 0.6) is 0 Å². The molecule has 25 heavy (non-hydrogen) atoms. The van der Waals surface area contributed by atoms with Gasteiger partial charge < -0.3 is 9.88 Å². The third-order valence-electron chi connectivity index (χ3n) is 4.18. The Morgan fingerprint density at radius 2 is 1.96 bits per heavy atom. The van der Waals surface area contributed by atoms with Crippen molar-refractivity contribution in [2.45, 2.75) is 25.3 Å². The van der Waals surface area contributed by atoms with E-state index in [0.717, 1.165) is 16.0 Å². The monoisotopic (exact) mass is 352 g/mol. The second-order valence-corrected chi connectivity index (χ2v) is 6.68. The van der Waals surface area contributed by atoms with Crippen LogP contribution in [0.4, 0.5) is 5.69 Å². The Hall–Kier alpha value is -2.53. The van der Waals surface area contributed by atoms with Gasteiger partial charge in [0.05, 0.1) is 11.2 Å². The van der Waals surface area contributed by atoms with Crippen molar-refractivity contribution < 1.29 is 4.79 Å². The minimum atomic E-state index is -0.378. The lowest BCUT2D eigenvalue weighted by atomic mass is 10.1. The summed E-state index contributed by atoms with van der Waals surface area (Å²) < 4.78 is 1.94. The molecule has 5 heteroatoms. The molecular weight excluding hydrogens is 332 g/mol. The molecule has 0 saturated carbocycles. The summed E-state index contributed by atoms with van der Waals surface area (Å²) in [4.78, 5) is 26.6. The molecular formula is C20H20N2O2S. The number of anilines is 1. The molecule has 1 amide bonds. The van der Waals surface area contributed by atoms with Gasteiger partial charge in [0.15, 0.2) is 0 Å². The highest BCUT2D eigenvalue weighted by atomic mass is 32.2. The number of nitrogens with one attached hydrogen (secondary N) is 1. The SMILES string of the molecule is CCn1cc(C(=O)Nc2ccccc2SC)c(=O)c2cc(C)ccc21. The van der Waals surface area contributed by atoms with Crippen LogP contribution in [0.3, 0.4) is 0 Å². The maximum atomic E-state index is 12.9. The minimum Gasteiger partial charge on any atom is -0.347 e. The summed E-state index contributed by atoms with van der Waals surface area (Å²) in [5.41, 5.74) is 2.49. The van der Waals surface area contributed by atoms with Crippen molar-refractivity contribution in [2.75, 3.05) is 11.6 Å². The molecule has 0 saturated heterocycles. The number of para-hydroxylation sites is 1. The van der Waals surface area contributed by atoms with E-state index in [-0.39, 0.29) is 16.9 Å². The molecule has 0 radical (unpaired) electrons. The maximum Gasteiger partial charge on any atom is 0.261 e. The predicted molar refractivity (Wildman–Crippen MR) is 105 cm³/mol. The number of hydrogen-bond donors (Lipinski definition) is 1. The molecule has 0 aliphatic carbocycles. The van der Waals surface area contributed by atoms with Crippen molar-refractivity contribution in [1.82, 2.24) is 4.57 Å². The number of aromatic nitrogens is 1. The van der Waals surface area contributed by atoms with E-state index in [1.165, 1.54) is 0 Å². The van der Waals surface area contributed by atoms with E-state index < -0.39 is 0 Å². The van der Waals surface area contributed by atoms with Gasteiger partial charge in [-0.1, -0.05) is 23.8 Å². The van der Waals surface area contributed by atoms with Crippen LogP contribution in [-0.4, -0.2) is 16.7 Å². The van der Waals surface area contributed by atoms with Crippen LogP contribution in [0, 0.1) is 6.92 Å². The van der Waals surface area contributed by atoms with Crippen molar-refractivity contribution in [3.63, 3.8) is 0 Å². The van der Waals surface area contributed by atoms with Crippen molar-refractivity contribution >= 4 is 34.3 Å². The number of pyridine rings is 1. The number of thioether (sulfide) groups is 1. The van der Waals surface area contributed by atoms with Crippen LogP contribution < -0.4 is 10.7 Å². The fraction of sp³-hybridized carbons (Fsp3) is 0.200. The van der Waals surface area contributed by atoms with E-state index >= 15 is 0 Å². The van der Waals surface area contributed by atoms with Gasteiger partial charge in [-0.05, 0) is 44.4 Å². The number of amides is 1. The first-order valence-corrected chi connectivity index (χ1v) is 9.35. The van der Waals surface area contributed by atoms with E-state index in [1.54, 1.807) is 18.0 Å². The first kappa shape index (κ1) is 17.3. The number of aryl methyl sites for hydroxylation is 2. The van der Waals surface area contributed by atoms with Gasteiger partial charge in [0.2, 0.25) is 5.43 Å². The molecule has 0 bridgehead atoms. The molecule has 0 unspecified atom stereocenters. The fourth-order valence-electron chi connectivity index (χ4n) is 2.87. The average molecular weight is 352 g/mol. The smallest absolute Gasteiger partial charge is 0.261 e. The summed E-state index contributed by atoms with van der Waals surface area (Å²) in [6.07, 6.45) is 3.60. The highest BCUT2D eigenvalue weighted by molar-refractivity contribution is 7.98. The van der Waals surface area contributed by atoms with Gasteiger partial charge >= 0.3 is 0 Å². The zero-order chi connectivity index (χ0) is 18.0. The molecule has 3 rings (SSSR count). The van der Waals surface area contributed by atoms with Crippen LogP contribution in [0.2, 0.25) is 0 Å². The summed E-state index contributed by atoms with van der Waals surface area (Å²) in [5.74, 6) is -0.378. The highest BCUT2D eigenvalue weighted by Gasteiger charge is 2.16. The maximum absolute atomic E-state index is 12.9. The molecule has 0 aliphatic heterocycles. The number of fused-ring (bicyclic) bond motifs is 1. The van der Waals surface area contributed by atoms with Crippen molar-refractivity contribution in [2.24, 2.45) is 0 Å². The van der Waals surface area contributed by atoms with E-state index in [9.17, 15) is 9.59 Å². The van der Waals surface area contributed by atoms with E-state index in [2.05, 4.69) is 5.32 Å². The molecule has 0 aliphatic rings. The van der Waals surface area contributed by atoms with Gasteiger partial charge in [-0.15, -0.1) is 11.8 Å². The Morgan fingerprint density at radius 3 is 2.68 bits per heavy atom. The molecule has 128 valence electrons. The Bertz CT molecular complexity index is 1010. The average Bonchev–Trinajstić information content (AvgIpc) is 2.62. The molecule has 3 aromatic rings. The quantitative estimate of drug-likeness (QED) is 0.712. The number of carbonyl (C=O) groups is 1. The van der Waals surface area contributed by atoms with Crippen molar-refractivity contribution in [3.05, 3.63) is 70.0 Å². The number of nitrogens with zero attached hydrogens (tertiary/aromatic N) is 1. The zero-order valence-electron chi connectivity index (χ0n) is 14.5. The summed E-state index contributed by atoms with van der Waals surface area (Å²) in [7, 11) is 0. The number of carbonyl (C=O) groups excluding carboxylic acids is 1. The van der Waals surface area contributed by atoms with Crippen molar-refractivity contribution in [3.8, 4) is 0 Å². The summed E-state index contributed by atoms with van der Waals surface area (Å²) in [6, 6.07) is 13.3. The van der Waals surface area contributed by atoms with Crippen LogP contribution in [0.1, 0.15) is 22.8 Å². The first-order chi connectivity index (χ1) is 12.0. The Balaban J connectivity index is 2.10. The minimum absolute atomic E-state index is 0.163. The lowest BCUT2D eigenvalue weighted by Crippen LogP contribution is -2.24. The molecule has 2 aromatic carbocycles. The van der Waals surface area contributed by atoms with E-state index in [0.29, 0.717) is 17.6 Å². The molecule has 0 fully saturated rings. The van der Waals surface area contributed by atoms with E-state index in [4.69, 9.17) is 0 Å². The van der Waals surface area contributed by atoms with E-state index in [1.807, 2.05) is 67.1 Å². The lowest BCUT2D eigenvalue weighted by Gasteiger charge is -2.13. The van der Waals surface area contributed by atoms with Crippen LogP contribution >= 0.6 is 11.8 Å². The first-order valence-electron chi connectivity index (χ1n) is 8.13. The third kappa shape index (κ3) is 3.33. The Morgan fingerprint density at radius 1 is 1.20 bits per heavy atom. The number of hydrogen-bond acceptors (Lipinski definition) is 3. The topological polar surface area (TPSA) is 51.1 Å². The highest BCUT2D eigenvalue weighted by Crippen LogP contribution is 2.25. The Labute approximate surface area is 150 Å². The van der Waals surface area contributed by atoms with Gasteiger partial charge in [0, 0.05) is 23.0 Å². The second-order valence-electron chi connectivity index (χ2n) is 5.83. The van der Waals surface area contributed by atoms with Crippen LogP contribution in [0.15, 0.2) is 58.4 Å². The third-order valence-corrected chi connectivity index (χ3v) is 4.97. The summed E-state index contributed by atoms with van der Waals surface area (Å²) in [6.45, 7) is 4.62. The standard InChI is InChI=1S/C20H20N2O2S/c1-4-22-12-15(19(23)14-11-13(2)9-10-17(14)22)20(24)21-16-7-5-6-8-18(16)25-3/h5-12H,4H2,1-3H3,(H,21,24). The molecule has 0 atom stereocenters. The van der Waals surface area contributed by atoms with Gasteiger partial charge in [0.25, 0.3) is 5.91 Å². The normalized spacial score (nSPS) is 10.8. The van der Waals surface area contributed by atoms with Gasteiger partial charge in [0.1, 0.15) is 5.56 Å². The van der Waals surface area contributed by atoms with Gasteiger partial charge in [-0.25, -0.2) is 0 Å². The predicted octanol–water partition coefficient (Wildman–Crippen LogP) is 4.30. The second kappa shape index (κ2) is 7.15. The van der Waals surface area contributed by atoms with Crippen LogP contribution in [0.25, 0.3) is 10.9 Å². The number of benzene rings is 2. The molecule has 0 spiro atoms. The van der Waals surface area contributed by atoms with Gasteiger partial charge in [-0.3, -0.25) is 9.59 Å².